The number of hydrogen-bond donors (Lipinski definition) is 1. The van der Waals surface area contributed by atoms with E-state index in [0.29, 0.717) is 6.61 Å². The molecular weight excluding hydrogens is 347 g/mol. The van der Waals surface area contributed by atoms with Gasteiger partial charge in [0.2, 0.25) is 5.95 Å². The average Bonchev–Trinajstić information content (AvgIpc) is 2.82. The summed E-state index contributed by atoms with van der Waals surface area (Å²) < 4.78 is 55.9. The number of rotatable bonds is 3. The quantitative estimate of drug-likeness (QED) is 0.883. The largest absolute Gasteiger partial charge is 0.433 e. The highest BCUT2D eigenvalue weighted by Crippen LogP contribution is 2.37. The maximum Gasteiger partial charge on any atom is 0.433 e. The van der Waals surface area contributed by atoms with Crippen molar-refractivity contribution in [2.45, 2.75) is 49.5 Å². The summed E-state index contributed by atoms with van der Waals surface area (Å²) in [5.41, 5.74) is -1.32. The van der Waals surface area contributed by atoms with Crippen molar-refractivity contribution in [2.24, 2.45) is 0 Å². The van der Waals surface area contributed by atoms with Crippen molar-refractivity contribution in [3.05, 3.63) is 18.0 Å². The van der Waals surface area contributed by atoms with Crippen LogP contribution in [0.3, 0.4) is 0 Å². The molecule has 0 unspecified atom stereocenters. The lowest BCUT2D eigenvalue weighted by molar-refractivity contribution is -0.146. The molecule has 2 saturated heterocycles. The summed E-state index contributed by atoms with van der Waals surface area (Å²) >= 11 is 1.43. The molecule has 0 saturated carbocycles. The van der Waals surface area contributed by atoms with Crippen molar-refractivity contribution in [3.8, 4) is 0 Å². The second kappa shape index (κ2) is 6.32. The molecule has 6 nitrogen and oxygen atoms in total. The van der Waals surface area contributed by atoms with E-state index in [4.69, 9.17) is 14.2 Å². The van der Waals surface area contributed by atoms with Crippen LogP contribution >= 0.6 is 11.8 Å². The molecule has 24 heavy (non-hydrogen) atoms. The van der Waals surface area contributed by atoms with Gasteiger partial charge in [0.15, 0.2) is 5.79 Å². The number of fused-ring (bicyclic) bond motifs is 1. The van der Waals surface area contributed by atoms with E-state index in [-0.39, 0.29) is 23.6 Å². The van der Waals surface area contributed by atoms with Gasteiger partial charge in [-0.25, -0.2) is 9.97 Å². The molecule has 1 aromatic rings. The second-order valence-corrected chi connectivity index (χ2v) is 6.95. The molecular formula is C14H18F3N3O3S. The number of nitrogens with one attached hydrogen (secondary N) is 1. The smallest absolute Gasteiger partial charge is 0.363 e. The molecule has 4 atom stereocenters. The first-order chi connectivity index (χ1) is 11.2. The van der Waals surface area contributed by atoms with Crippen molar-refractivity contribution in [3.63, 3.8) is 0 Å². The van der Waals surface area contributed by atoms with Crippen molar-refractivity contribution >= 4 is 17.7 Å². The monoisotopic (exact) mass is 365 g/mol. The molecule has 0 aliphatic carbocycles. The van der Waals surface area contributed by atoms with Crippen molar-refractivity contribution < 1.29 is 27.4 Å². The molecule has 0 spiro atoms. The molecule has 2 fully saturated rings. The lowest BCUT2D eigenvalue weighted by Gasteiger charge is -2.37. The predicted octanol–water partition coefficient (Wildman–Crippen LogP) is 2.52. The minimum absolute atomic E-state index is 0.119. The normalized spacial score (nSPS) is 32.4. The summed E-state index contributed by atoms with van der Waals surface area (Å²) in [7, 11) is 0. The summed E-state index contributed by atoms with van der Waals surface area (Å²) in [6, 6.07) is 0.388. The summed E-state index contributed by atoms with van der Waals surface area (Å²) in [4.78, 5) is 7.43. The van der Waals surface area contributed by atoms with E-state index in [1.165, 1.54) is 11.8 Å². The molecule has 10 heteroatoms. The number of hydrogen-bond acceptors (Lipinski definition) is 7. The zero-order valence-electron chi connectivity index (χ0n) is 13.3. The second-order valence-electron chi connectivity index (χ2n) is 6.01. The molecule has 0 bridgehead atoms. The third kappa shape index (κ3) is 3.61. The molecule has 1 N–H and O–H groups in total. The number of nitrogens with zero attached hydrogens (tertiary/aromatic N) is 2. The summed E-state index contributed by atoms with van der Waals surface area (Å²) in [5.74, 6) is -0.896. The van der Waals surface area contributed by atoms with E-state index in [9.17, 15) is 13.2 Å². The fourth-order valence-electron chi connectivity index (χ4n) is 2.84. The van der Waals surface area contributed by atoms with Gasteiger partial charge in [0.1, 0.15) is 23.3 Å². The standard InChI is InChI=1S/C14H18F3N3O3S/c1-13(2)22-7-6-21-11(24-3)9(10(7)23-13)20-12-18-5-4-8(19-12)14(15,16)17/h4-5,7,9-11H,6H2,1-3H3,(H,18,19,20)/t7-,9+,10-,11+/m0/s1. The number of halogens is 3. The number of thioether (sulfide) groups is 1. The van der Waals surface area contributed by atoms with Crippen LogP contribution in [0.1, 0.15) is 19.5 Å². The van der Waals surface area contributed by atoms with Crippen molar-refractivity contribution in [1.29, 1.82) is 0 Å². The Labute approximate surface area is 141 Å². The summed E-state index contributed by atoms with van der Waals surface area (Å²) in [5, 5.41) is 2.93. The zero-order chi connectivity index (χ0) is 17.5. The number of ether oxygens (including phenoxy) is 3. The van der Waals surface area contributed by atoms with E-state index >= 15 is 0 Å². The van der Waals surface area contributed by atoms with Crippen LogP contribution in [0.25, 0.3) is 0 Å². The van der Waals surface area contributed by atoms with E-state index in [0.717, 1.165) is 12.3 Å². The molecule has 0 radical (unpaired) electrons. The van der Waals surface area contributed by atoms with Crippen LogP contribution in [0, 0.1) is 0 Å². The third-order valence-electron chi connectivity index (χ3n) is 3.77. The lowest BCUT2D eigenvalue weighted by Crippen LogP contribution is -2.54. The van der Waals surface area contributed by atoms with Gasteiger partial charge in [0.25, 0.3) is 0 Å². The predicted molar refractivity (Wildman–Crippen MR) is 81.5 cm³/mol. The summed E-state index contributed by atoms with van der Waals surface area (Å²) in [6.07, 6.45) is -2.27. The van der Waals surface area contributed by atoms with Crippen LogP contribution in [0.5, 0.6) is 0 Å². The molecule has 3 heterocycles. The van der Waals surface area contributed by atoms with Gasteiger partial charge < -0.3 is 19.5 Å². The van der Waals surface area contributed by atoms with Gasteiger partial charge in [0, 0.05) is 6.20 Å². The van der Waals surface area contributed by atoms with Crippen LogP contribution < -0.4 is 5.32 Å². The van der Waals surface area contributed by atoms with Gasteiger partial charge in [0.05, 0.1) is 12.6 Å². The highest BCUT2D eigenvalue weighted by atomic mass is 32.2. The van der Waals surface area contributed by atoms with Gasteiger partial charge in [-0.3, -0.25) is 0 Å². The topological polar surface area (TPSA) is 65.5 Å². The van der Waals surface area contributed by atoms with E-state index in [1.807, 2.05) is 6.26 Å². The van der Waals surface area contributed by atoms with Crippen molar-refractivity contribution in [2.75, 3.05) is 18.2 Å². The van der Waals surface area contributed by atoms with E-state index in [2.05, 4.69) is 15.3 Å². The SMILES string of the molecule is CS[C@H]1OC[C@@H]2OC(C)(C)O[C@@H]2[C@H]1Nc1nccc(C(F)(F)F)n1. The fraction of sp³-hybridized carbons (Fsp3) is 0.714. The van der Waals surface area contributed by atoms with Gasteiger partial charge in [-0.1, -0.05) is 0 Å². The Hall–Kier alpha value is -1.10. The average molecular weight is 365 g/mol. The van der Waals surface area contributed by atoms with E-state index in [1.54, 1.807) is 13.8 Å². The Bertz CT molecular complexity index is 602. The minimum atomic E-state index is -4.53. The number of aromatic nitrogens is 2. The maximum absolute atomic E-state index is 12.8. The minimum Gasteiger partial charge on any atom is -0.363 e. The Morgan fingerprint density at radius 2 is 2.08 bits per heavy atom. The number of alkyl halides is 3. The van der Waals surface area contributed by atoms with Gasteiger partial charge >= 0.3 is 6.18 Å². The molecule has 2 aliphatic rings. The molecule has 2 aliphatic heterocycles. The summed E-state index contributed by atoms with van der Waals surface area (Å²) in [6.45, 7) is 3.94. The molecule has 0 aromatic carbocycles. The van der Waals surface area contributed by atoms with Crippen LogP contribution in [0.4, 0.5) is 19.1 Å². The molecule has 1 aromatic heterocycles. The molecule has 134 valence electrons. The first-order valence-electron chi connectivity index (χ1n) is 7.36. The fourth-order valence-corrected chi connectivity index (χ4v) is 3.58. The van der Waals surface area contributed by atoms with Crippen molar-refractivity contribution in [1.82, 2.24) is 9.97 Å². The molecule has 0 amide bonds. The zero-order valence-corrected chi connectivity index (χ0v) is 14.1. The lowest BCUT2D eigenvalue weighted by atomic mass is 10.0. The van der Waals surface area contributed by atoms with Gasteiger partial charge in [-0.15, -0.1) is 11.8 Å². The van der Waals surface area contributed by atoms with Crippen LogP contribution in [-0.2, 0) is 20.4 Å². The van der Waals surface area contributed by atoms with Gasteiger partial charge in [-0.2, -0.15) is 13.2 Å². The first-order valence-corrected chi connectivity index (χ1v) is 8.65. The van der Waals surface area contributed by atoms with Crippen LogP contribution in [0.2, 0.25) is 0 Å². The van der Waals surface area contributed by atoms with Crippen LogP contribution in [0.15, 0.2) is 12.3 Å². The van der Waals surface area contributed by atoms with Gasteiger partial charge in [-0.05, 0) is 26.2 Å². The Morgan fingerprint density at radius 3 is 2.75 bits per heavy atom. The Morgan fingerprint density at radius 1 is 1.33 bits per heavy atom. The maximum atomic E-state index is 12.8. The highest BCUT2D eigenvalue weighted by Gasteiger charge is 2.51. The Balaban J connectivity index is 1.83. The van der Waals surface area contributed by atoms with E-state index < -0.39 is 23.7 Å². The first kappa shape index (κ1) is 17.7. The third-order valence-corrected chi connectivity index (χ3v) is 4.66. The highest BCUT2D eigenvalue weighted by molar-refractivity contribution is 7.99. The Kier molecular flexibility index (Phi) is 4.67. The van der Waals surface area contributed by atoms with Crippen LogP contribution in [-0.4, -0.2) is 52.3 Å². The number of anilines is 1. The molecule has 3 rings (SSSR count).